The summed E-state index contributed by atoms with van der Waals surface area (Å²) in [5, 5.41) is 2.90. The van der Waals surface area contributed by atoms with Crippen molar-refractivity contribution in [1.29, 1.82) is 0 Å². The van der Waals surface area contributed by atoms with Crippen molar-refractivity contribution in [2.75, 3.05) is 31.6 Å². The van der Waals surface area contributed by atoms with Gasteiger partial charge in [0.1, 0.15) is 11.9 Å². The minimum Gasteiger partial charge on any atom is -0.490 e. The van der Waals surface area contributed by atoms with Crippen LogP contribution in [0.25, 0.3) is 6.08 Å². The molecule has 3 heterocycles. The van der Waals surface area contributed by atoms with Crippen molar-refractivity contribution in [2.24, 2.45) is 0 Å². The molecule has 0 unspecified atom stereocenters. The topological polar surface area (TPSA) is 63.7 Å². The Balaban J connectivity index is 1.31. The third-order valence-corrected chi connectivity index (χ3v) is 5.31. The zero-order valence-corrected chi connectivity index (χ0v) is 16.5. The SMILES string of the molecule is O=C(Nc1cccnc1)N1CCC(=Cc2cccc(OC3CCOCC3)c2)CC1. The lowest BCUT2D eigenvalue weighted by Gasteiger charge is -2.28. The van der Waals surface area contributed by atoms with Crippen LogP contribution in [0.4, 0.5) is 10.5 Å². The standard InChI is InChI=1S/C23H27N3O3/c27-23(25-20-4-2-10-24-17-20)26-11-6-18(7-12-26)15-19-3-1-5-22(16-19)29-21-8-13-28-14-9-21/h1-5,10,15-17,21H,6-9,11-14H2,(H,25,27). The number of aromatic nitrogens is 1. The first kappa shape index (κ1) is 19.5. The van der Waals surface area contributed by atoms with E-state index in [2.05, 4.69) is 28.5 Å². The molecule has 4 rings (SSSR count). The summed E-state index contributed by atoms with van der Waals surface area (Å²) in [5.41, 5.74) is 3.23. The van der Waals surface area contributed by atoms with Crippen LogP contribution < -0.4 is 10.1 Å². The van der Waals surface area contributed by atoms with Crippen molar-refractivity contribution in [3.63, 3.8) is 0 Å². The number of hydrogen-bond acceptors (Lipinski definition) is 4. The molecule has 1 N–H and O–H groups in total. The van der Waals surface area contributed by atoms with Gasteiger partial charge in [0.05, 0.1) is 25.1 Å². The van der Waals surface area contributed by atoms with Crippen LogP contribution in [0.1, 0.15) is 31.2 Å². The van der Waals surface area contributed by atoms with Gasteiger partial charge in [-0.1, -0.05) is 23.8 Å². The molecule has 6 nitrogen and oxygen atoms in total. The number of urea groups is 1. The van der Waals surface area contributed by atoms with Crippen LogP contribution in [-0.2, 0) is 4.74 Å². The molecule has 29 heavy (non-hydrogen) atoms. The first-order chi connectivity index (χ1) is 14.3. The van der Waals surface area contributed by atoms with Crippen LogP contribution in [-0.4, -0.2) is 48.3 Å². The second-order valence-corrected chi connectivity index (χ2v) is 7.46. The number of benzene rings is 1. The molecule has 0 bridgehead atoms. The Morgan fingerprint density at radius 1 is 1.17 bits per heavy atom. The van der Waals surface area contributed by atoms with Gasteiger partial charge in [-0.25, -0.2) is 4.79 Å². The molecule has 0 saturated carbocycles. The highest BCUT2D eigenvalue weighted by Gasteiger charge is 2.19. The Kier molecular flexibility index (Phi) is 6.42. The van der Waals surface area contributed by atoms with Gasteiger partial charge in [0, 0.05) is 32.1 Å². The number of hydrogen-bond donors (Lipinski definition) is 1. The molecule has 2 aliphatic heterocycles. The lowest BCUT2D eigenvalue weighted by Crippen LogP contribution is -2.39. The first-order valence-electron chi connectivity index (χ1n) is 10.3. The number of anilines is 1. The lowest BCUT2D eigenvalue weighted by atomic mass is 10.0. The predicted octanol–water partition coefficient (Wildman–Crippen LogP) is 4.35. The smallest absolute Gasteiger partial charge is 0.321 e. The quantitative estimate of drug-likeness (QED) is 0.839. The largest absolute Gasteiger partial charge is 0.490 e. The molecule has 0 spiro atoms. The molecule has 1 aromatic heterocycles. The van der Waals surface area contributed by atoms with Crippen LogP contribution in [0.5, 0.6) is 5.75 Å². The Bertz CT molecular complexity index is 837. The Labute approximate surface area is 171 Å². The summed E-state index contributed by atoms with van der Waals surface area (Å²) in [7, 11) is 0. The second-order valence-electron chi connectivity index (χ2n) is 7.46. The number of rotatable bonds is 4. The van der Waals surface area contributed by atoms with E-state index in [0.717, 1.165) is 69.0 Å². The lowest BCUT2D eigenvalue weighted by molar-refractivity contribution is 0.0255. The highest BCUT2D eigenvalue weighted by molar-refractivity contribution is 5.89. The van der Waals surface area contributed by atoms with Crippen molar-refractivity contribution in [3.8, 4) is 5.75 Å². The Morgan fingerprint density at radius 2 is 2.00 bits per heavy atom. The van der Waals surface area contributed by atoms with Gasteiger partial charge in [0.2, 0.25) is 0 Å². The Hall–Kier alpha value is -2.86. The normalized spacial score (nSPS) is 17.7. The van der Waals surface area contributed by atoms with Crippen molar-refractivity contribution < 1.29 is 14.3 Å². The maximum absolute atomic E-state index is 12.4. The summed E-state index contributed by atoms with van der Waals surface area (Å²) in [5.74, 6) is 0.916. The minimum absolute atomic E-state index is 0.0658. The van der Waals surface area contributed by atoms with Crippen molar-refractivity contribution >= 4 is 17.8 Å². The van der Waals surface area contributed by atoms with Crippen LogP contribution >= 0.6 is 0 Å². The number of amides is 2. The first-order valence-corrected chi connectivity index (χ1v) is 10.3. The fraction of sp³-hybridized carbons (Fsp3) is 0.391. The minimum atomic E-state index is -0.0658. The van der Waals surface area contributed by atoms with E-state index in [-0.39, 0.29) is 12.1 Å². The molecule has 152 valence electrons. The number of nitrogens with one attached hydrogen (secondary N) is 1. The average Bonchev–Trinajstić information content (AvgIpc) is 2.76. The molecule has 2 amide bonds. The van der Waals surface area contributed by atoms with Crippen LogP contribution in [0.15, 0.2) is 54.4 Å². The number of ether oxygens (including phenoxy) is 2. The number of carbonyl (C=O) groups is 1. The highest BCUT2D eigenvalue weighted by atomic mass is 16.5. The maximum atomic E-state index is 12.4. The molecule has 0 aliphatic carbocycles. The van der Waals surface area contributed by atoms with Gasteiger partial charge >= 0.3 is 6.03 Å². The Morgan fingerprint density at radius 3 is 2.76 bits per heavy atom. The fourth-order valence-corrected chi connectivity index (χ4v) is 3.68. The summed E-state index contributed by atoms with van der Waals surface area (Å²) in [6.45, 7) is 2.99. The van der Waals surface area contributed by atoms with Crippen LogP contribution in [0.2, 0.25) is 0 Å². The molecule has 2 saturated heterocycles. The van der Waals surface area contributed by atoms with Crippen molar-refractivity contribution in [1.82, 2.24) is 9.88 Å². The van der Waals surface area contributed by atoms with Gasteiger partial charge in [0.15, 0.2) is 0 Å². The van der Waals surface area contributed by atoms with E-state index in [9.17, 15) is 4.79 Å². The molecule has 2 fully saturated rings. The number of pyridine rings is 1. The van der Waals surface area contributed by atoms with Crippen LogP contribution in [0, 0.1) is 0 Å². The number of piperidine rings is 1. The second kappa shape index (κ2) is 9.56. The zero-order valence-electron chi connectivity index (χ0n) is 16.5. The molecule has 2 aliphatic rings. The van der Waals surface area contributed by atoms with E-state index in [1.165, 1.54) is 5.57 Å². The molecular formula is C23H27N3O3. The van der Waals surface area contributed by atoms with Gasteiger partial charge in [0.25, 0.3) is 0 Å². The fourth-order valence-electron chi connectivity index (χ4n) is 3.68. The summed E-state index contributed by atoms with van der Waals surface area (Å²) >= 11 is 0. The molecule has 2 aromatic rings. The summed E-state index contributed by atoms with van der Waals surface area (Å²) in [6.07, 6.45) is 9.47. The zero-order chi connectivity index (χ0) is 19.9. The number of likely N-dealkylation sites (tertiary alicyclic amines) is 1. The summed E-state index contributed by atoms with van der Waals surface area (Å²) in [6, 6.07) is 11.8. The monoisotopic (exact) mass is 393 g/mol. The van der Waals surface area contributed by atoms with Gasteiger partial charge < -0.3 is 19.7 Å². The molecule has 0 atom stereocenters. The third kappa shape index (κ3) is 5.57. The van der Waals surface area contributed by atoms with E-state index < -0.39 is 0 Å². The van der Waals surface area contributed by atoms with E-state index in [4.69, 9.17) is 9.47 Å². The molecule has 1 aromatic carbocycles. The van der Waals surface area contributed by atoms with Gasteiger partial charge in [-0.05, 0) is 42.7 Å². The van der Waals surface area contributed by atoms with Gasteiger partial charge in [-0.3, -0.25) is 4.98 Å². The predicted molar refractivity (Wildman–Crippen MR) is 113 cm³/mol. The molecular weight excluding hydrogens is 366 g/mol. The van der Waals surface area contributed by atoms with Gasteiger partial charge in [-0.2, -0.15) is 0 Å². The molecule has 6 heteroatoms. The highest BCUT2D eigenvalue weighted by Crippen LogP contribution is 2.24. The van der Waals surface area contributed by atoms with E-state index in [0.29, 0.717) is 0 Å². The van der Waals surface area contributed by atoms with E-state index in [1.807, 2.05) is 29.2 Å². The molecule has 0 radical (unpaired) electrons. The summed E-state index contributed by atoms with van der Waals surface area (Å²) < 4.78 is 11.5. The third-order valence-electron chi connectivity index (χ3n) is 5.31. The van der Waals surface area contributed by atoms with Crippen LogP contribution in [0.3, 0.4) is 0 Å². The summed E-state index contributed by atoms with van der Waals surface area (Å²) in [4.78, 5) is 18.3. The average molecular weight is 393 g/mol. The van der Waals surface area contributed by atoms with Crippen molar-refractivity contribution in [3.05, 3.63) is 59.9 Å². The number of nitrogens with zero attached hydrogens (tertiary/aromatic N) is 2. The van der Waals surface area contributed by atoms with Crippen molar-refractivity contribution in [2.45, 2.75) is 31.8 Å². The number of carbonyl (C=O) groups excluding carboxylic acids is 1. The van der Waals surface area contributed by atoms with E-state index >= 15 is 0 Å². The maximum Gasteiger partial charge on any atom is 0.321 e. The van der Waals surface area contributed by atoms with Gasteiger partial charge in [-0.15, -0.1) is 0 Å². The van der Waals surface area contributed by atoms with E-state index in [1.54, 1.807) is 12.4 Å².